The van der Waals surface area contributed by atoms with E-state index in [-0.39, 0.29) is 23.1 Å². The van der Waals surface area contributed by atoms with Gasteiger partial charge in [-0.25, -0.2) is 9.78 Å². The lowest BCUT2D eigenvalue weighted by Gasteiger charge is -2.27. The first-order valence-corrected chi connectivity index (χ1v) is 6.49. The smallest absolute Gasteiger partial charge is 0.365 e. The van der Waals surface area contributed by atoms with Crippen molar-refractivity contribution in [3.63, 3.8) is 0 Å². The van der Waals surface area contributed by atoms with Crippen molar-refractivity contribution < 1.29 is 19.4 Å². The van der Waals surface area contributed by atoms with Crippen LogP contribution >= 0.6 is 11.3 Å². The van der Waals surface area contributed by atoms with Crippen LogP contribution in [-0.2, 0) is 4.74 Å². The Labute approximate surface area is 108 Å². The highest BCUT2D eigenvalue weighted by molar-refractivity contribution is 7.15. The Morgan fingerprint density at radius 1 is 1.61 bits per heavy atom. The maximum absolute atomic E-state index is 11.9. The van der Waals surface area contributed by atoms with Crippen LogP contribution in [0.1, 0.15) is 39.2 Å². The van der Waals surface area contributed by atoms with Crippen LogP contribution in [0.3, 0.4) is 0 Å². The third-order valence-corrected chi connectivity index (χ3v) is 3.72. The number of nitrogens with zero attached hydrogens (tertiary/aromatic N) is 1. The van der Waals surface area contributed by atoms with Crippen molar-refractivity contribution >= 4 is 23.2 Å². The van der Waals surface area contributed by atoms with Gasteiger partial charge in [0.25, 0.3) is 5.91 Å². The highest BCUT2D eigenvalue weighted by atomic mass is 32.1. The summed E-state index contributed by atoms with van der Waals surface area (Å²) < 4.78 is 5.39. The van der Waals surface area contributed by atoms with Gasteiger partial charge in [0.2, 0.25) is 5.01 Å². The summed E-state index contributed by atoms with van der Waals surface area (Å²) in [5.74, 6) is -1.38. The summed E-state index contributed by atoms with van der Waals surface area (Å²) in [6.45, 7) is 2.60. The molecule has 0 aliphatic carbocycles. The number of thiazole rings is 1. The first-order chi connectivity index (χ1) is 8.56. The van der Waals surface area contributed by atoms with Crippen molar-refractivity contribution in [2.75, 3.05) is 6.61 Å². The number of carbonyl (C=O) groups is 2. The molecule has 2 heterocycles. The molecule has 1 aromatic rings. The topological polar surface area (TPSA) is 88.5 Å². The Kier molecular flexibility index (Phi) is 3.93. The maximum atomic E-state index is 11.9. The molecule has 18 heavy (non-hydrogen) atoms. The molecule has 2 N–H and O–H groups in total. The second kappa shape index (κ2) is 5.45. The number of nitrogens with one attached hydrogen (secondary N) is 1. The summed E-state index contributed by atoms with van der Waals surface area (Å²) in [6, 6.07) is 0.0802. The van der Waals surface area contributed by atoms with E-state index in [0.717, 1.165) is 24.2 Å². The molecule has 1 aliphatic heterocycles. The van der Waals surface area contributed by atoms with E-state index >= 15 is 0 Å². The fraction of sp³-hybridized carbons (Fsp3) is 0.545. The first kappa shape index (κ1) is 13.0. The quantitative estimate of drug-likeness (QED) is 0.859. The number of hydrogen-bond acceptors (Lipinski definition) is 5. The van der Waals surface area contributed by atoms with Gasteiger partial charge in [-0.15, -0.1) is 11.3 Å². The lowest BCUT2D eigenvalue weighted by atomic mass is 10.0. The zero-order valence-electron chi connectivity index (χ0n) is 9.88. The van der Waals surface area contributed by atoms with Gasteiger partial charge >= 0.3 is 5.97 Å². The molecular weight excluding hydrogens is 256 g/mol. The molecule has 0 saturated carbocycles. The number of hydrogen-bond donors (Lipinski definition) is 2. The molecule has 7 heteroatoms. The molecule has 1 amide bonds. The molecular formula is C11H14N2O4S. The van der Waals surface area contributed by atoms with Crippen LogP contribution in [0.15, 0.2) is 6.20 Å². The molecule has 1 aliphatic rings. The van der Waals surface area contributed by atoms with Crippen LogP contribution in [0, 0.1) is 0 Å². The van der Waals surface area contributed by atoms with Gasteiger partial charge in [-0.1, -0.05) is 0 Å². The minimum absolute atomic E-state index is 0.0690. The van der Waals surface area contributed by atoms with Gasteiger partial charge in [-0.3, -0.25) is 4.79 Å². The van der Waals surface area contributed by atoms with Crippen molar-refractivity contribution in [3.05, 3.63) is 16.1 Å². The molecule has 2 unspecified atom stereocenters. The van der Waals surface area contributed by atoms with Crippen molar-refractivity contribution in [1.82, 2.24) is 10.3 Å². The highest BCUT2D eigenvalue weighted by Crippen LogP contribution is 2.16. The third-order valence-electron chi connectivity index (χ3n) is 2.73. The van der Waals surface area contributed by atoms with Crippen molar-refractivity contribution in [2.24, 2.45) is 0 Å². The molecule has 0 radical (unpaired) electrons. The predicted molar refractivity (Wildman–Crippen MR) is 65.0 cm³/mol. The molecule has 98 valence electrons. The standard InChI is InChI=1S/C11H14N2O4S/c1-6-4-7(2-3-17-6)13-9(14)8-5-12-10(18-8)11(15)16/h5-7H,2-4H2,1H3,(H,13,14)(H,15,16). The van der Waals surface area contributed by atoms with E-state index in [1.807, 2.05) is 6.92 Å². The van der Waals surface area contributed by atoms with E-state index in [9.17, 15) is 9.59 Å². The van der Waals surface area contributed by atoms with Crippen LogP contribution in [0.5, 0.6) is 0 Å². The number of carbonyl (C=O) groups excluding carboxylic acids is 1. The lowest BCUT2D eigenvalue weighted by Crippen LogP contribution is -2.41. The van der Waals surface area contributed by atoms with Gasteiger partial charge in [0, 0.05) is 12.6 Å². The number of carboxylic acids is 1. The normalized spacial score (nSPS) is 23.6. The van der Waals surface area contributed by atoms with E-state index in [2.05, 4.69) is 10.3 Å². The largest absolute Gasteiger partial charge is 0.476 e. The Morgan fingerprint density at radius 2 is 2.39 bits per heavy atom. The fourth-order valence-electron chi connectivity index (χ4n) is 1.86. The second-order valence-electron chi connectivity index (χ2n) is 4.21. The van der Waals surface area contributed by atoms with E-state index in [1.54, 1.807) is 0 Å². The van der Waals surface area contributed by atoms with Gasteiger partial charge in [0.1, 0.15) is 4.88 Å². The Morgan fingerprint density at radius 3 is 3.00 bits per heavy atom. The summed E-state index contributed by atoms with van der Waals surface area (Å²) in [5.41, 5.74) is 0. The Balaban J connectivity index is 1.96. The predicted octanol–water partition coefficient (Wildman–Crippen LogP) is 1.14. The first-order valence-electron chi connectivity index (χ1n) is 5.68. The van der Waals surface area contributed by atoms with Crippen LogP contribution in [0.2, 0.25) is 0 Å². The summed E-state index contributed by atoms with van der Waals surface area (Å²) in [4.78, 5) is 26.6. The lowest BCUT2D eigenvalue weighted by molar-refractivity contribution is 0.0137. The third kappa shape index (κ3) is 3.05. The maximum Gasteiger partial charge on any atom is 0.365 e. The molecule has 1 aromatic heterocycles. The molecule has 0 aromatic carbocycles. The molecule has 2 atom stereocenters. The molecule has 0 bridgehead atoms. The van der Waals surface area contributed by atoms with E-state index < -0.39 is 5.97 Å². The van der Waals surface area contributed by atoms with Gasteiger partial charge in [0.15, 0.2) is 0 Å². The molecule has 0 spiro atoms. The minimum Gasteiger partial charge on any atom is -0.476 e. The van der Waals surface area contributed by atoms with E-state index in [0.29, 0.717) is 11.5 Å². The zero-order valence-corrected chi connectivity index (χ0v) is 10.7. The van der Waals surface area contributed by atoms with Crippen molar-refractivity contribution in [3.8, 4) is 0 Å². The van der Waals surface area contributed by atoms with E-state index in [1.165, 1.54) is 6.20 Å². The Bertz CT molecular complexity index is 460. The van der Waals surface area contributed by atoms with Crippen molar-refractivity contribution in [2.45, 2.75) is 31.9 Å². The average molecular weight is 270 g/mol. The summed E-state index contributed by atoms with van der Waals surface area (Å²) in [6.07, 6.45) is 2.99. The van der Waals surface area contributed by atoms with E-state index in [4.69, 9.17) is 9.84 Å². The fourth-order valence-corrected chi connectivity index (χ4v) is 2.52. The summed E-state index contributed by atoms with van der Waals surface area (Å²) in [5, 5.41) is 11.5. The minimum atomic E-state index is -1.11. The summed E-state index contributed by atoms with van der Waals surface area (Å²) in [7, 11) is 0. The average Bonchev–Trinajstić information content (AvgIpc) is 2.78. The number of ether oxygens (including phenoxy) is 1. The van der Waals surface area contributed by atoms with Gasteiger partial charge in [0.05, 0.1) is 12.3 Å². The number of rotatable bonds is 3. The SMILES string of the molecule is CC1CC(NC(=O)c2cnc(C(=O)O)s2)CCO1. The zero-order chi connectivity index (χ0) is 13.1. The molecule has 1 fully saturated rings. The number of aromatic carboxylic acids is 1. The van der Waals surface area contributed by atoms with Crippen LogP contribution < -0.4 is 5.32 Å². The second-order valence-corrected chi connectivity index (χ2v) is 5.24. The van der Waals surface area contributed by atoms with Crippen molar-refractivity contribution in [1.29, 1.82) is 0 Å². The monoisotopic (exact) mass is 270 g/mol. The summed E-state index contributed by atoms with van der Waals surface area (Å²) >= 11 is 0.885. The number of amides is 1. The van der Waals surface area contributed by atoms with Crippen LogP contribution in [0.4, 0.5) is 0 Å². The highest BCUT2D eigenvalue weighted by Gasteiger charge is 2.22. The molecule has 1 saturated heterocycles. The van der Waals surface area contributed by atoms with Gasteiger partial charge in [-0.05, 0) is 19.8 Å². The number of aromatic nitrogens is 1. The molecule has 6 nitrogen and oxygen atoms in total. The van der Waals surface area contributed by atoms with Gasteiger partial charge < -0.3 is 15.2 Å². The number of carboxylic acid groups (broad SMARTS) is 1. The molecule has 2 rings (SSSR count). The van der Waals surface area contributed by atoms with Crippen LogP contribution in [-0.4, -0.2) is 40.7 Å². The van der Waals surface area contributed by atoms with Gasteiger partial charge in [-0.2, -0.15) is 0 Å². The van der Waals surface area contributed by atoms with Crippen LogP contribution in [0.25, 0.3) is 0 Å². The Hall–Kier alpha value is -1.47.